The maximum absolute atomic E-state index is 13.5. The van der Waals surface area contributed by atoms with E-state index in [0.29, 0.717) is 40.6 Å². The van der Waals surface area contributed by atoms with E-state index in [1.807, 2.05) is 30.3 Å². The number of anilines is 1. The summed E-state index contributed by atoms with van der Waals surface area (Å²) in [4.78, 5) is 42.6. The first-order valence-corrected chi connectivity index (χ1v) is 14.3. The lowest BCUT2D eigenvalue weighted by Crippen LogP contribution is -2.42. The van der Waals surface area contributed by atoms with Gasteiger partial charge in [0, 0.05) is 35.2 Å². The van der Waals surface area contributed by atoms with Crippen LogP contribution in [-0.2, 0) is 33.6 Å². The summed E-state index contributed by atoms with van der Waals surface area (Å²) in [5.74, 6) is -0.00987. The number of hydrogen-bond acceptors (Lipinski definition) is 9. The van der Waals surface area contributed by atoms with E-state index in [-0.39, 0.29) is 18.8 Å². The molecule has 2 heterocycles. The zero-order chi connectivity index (χ0) is 31.4. The van der Waals surface area contributed by atoms with Crippen molar-refractivity contribution in [3.63, 3.8) is 0 Å². The summed E-state index contributed by atoms with van der Waals surface area (Å²) in [6.07, 6.45) is 5.93. The van der Waals surface area contributed by atoms with Crippen LogP contribution >= 0.6 is 11.6 Å². The number of aromatic amines is 1. The maximum Gasteiger partial charge on any atom is 0.411 e. The second kappa shape index (κ2) is 15.2. The number of nitrogens with zero attached hydrogens (tertiary/aromatic N) is 6. The lowest BCUT2D eigenvalue weighted by molar-refractivity contribution is -0.125. The van der Waals surface area contributed by atoms with Crippen molar-refractivity contribution >= 4 is 41.1 Å². The van der Waals surface area contributed by atoms with E-state index in [9.17, 15) is 14.4 Å². The van der Waals surface area contributed by atoms with Gasteiger partial charge >= 0.3 is 6.09 Å². The number of hydrogen-bond donors (Lipinski definition) is 3. The highest BCUT2D eigenvalue weighted by Crippen LogP contribution is 2.20. The second-order valence-corrected chi connectivity index (χ2v) is 10.3. The SMILES string of the molecule is O=C(/C=C/c1cc(Cl)ccc1-n1cnnn1)N[C@@H](Cc1ccccc1)C(=O)Cc1ccc(NC(=O)OCCc2ncn[nH]2)cc1. The molecule has 3 N–H and O–H groups in total. The quantitative estimate of drug-likeness (QED) is 0.165. The normalized spacial score (nSPS) is 11.7. The molecule has 228 valence electrons. The van der Waals surface area contributed by atoms with E-state index in [1.54, 1.807) is 48.5 Å². The Labute approximate surface area is 262 Å². The van der Waals surface area contributed by atoms with Gasteiger partial charge in [0.1, 0.15) is 25.1 Å². The Kier molecular flexibility index (Phi) is 10.4. The molecule has 0 unspecified atom stereocenters. The highest BCUT2D eigenvalue weighted by atomic mass is 35.5. The van der Waals surface area contributed by atoms with Crippen LogP contribution in [0.5, 0.6) is 0 Å². The monoisotopic (exact) mass is 625 g/mol. The summed E-state index contributed by atoms with van der Waals surface area (Å²) >= 11 is 6.19. The Morgan fingerprint density at radius 2 is 1.84 bits per heavy atom. The van der Waals surface area contributed by atoms with Crippen molar-refractivity contribution in [2.45, 2.75) is 25.3 Å². The Bertz CT molecular complexity index is 1740. The molecule has 5 rings (SSSR count). The highest BCUT2D eigenvalue weighted by molar-refractivity contribution is 6.30. The molecular weight excluding hydrogens is 598 g/mol. The molecule has 0 bridgehead atoms. The molecule has 45 heavy (non-hydrogen) atoms. The number of aromatic nitrogens is 7. The summed E-state index contributed by atoms with van der Waals surface area (Å²) in [6, 6.07) is 20.6. The second-order valence-electron chi connectivity index (χ2n) is 9.82. The zero-order valence-corrected chi connectivity index (χ0v) is 24.6. The predicted molar refractivity (Wildman–Crippen MR) is 165 cm³/mol. The summed E-state index contributed by atoms with van der Waals surface area (Å²) in [6.45, 7) is 0.136. The number of carbonyl (C=O) groups is 3. The number of tetrazole rings is 1. The maximum atomic E-state index is 13.5. The van der Waals surface area contributed by atoms with Crippen molar-refractivity contribution in [3.05, 3.63) is 119 Å². The van der Waals surface area contributed by atoms with Crippen molar-refractivity contribution in [1.29, 1.82) is 0 Å². The van der Waals surface area contributed by atoms with Crippen LogP contribution in [0, 0.1) is 0 Å². The molecule has 0 radical (unpaired) electrons. The third-order valence-electron chi connectivity index (χ3n) is 6.60. The van der Waals surface area contributed by atoms with E-state index in [2.05, 4.69) is 41.3 Å². The number of ketones is 1. The lowest BCUT2D eigenvalue weighted by atomic mass is 9.97. The largest absolute Gasteiger partial charge is 0.449 e. The van der Waals surface area contributed by atoms with Crippen LogP contribution in [0.1, 0.15) is 22.5 Å². The third-order valence-corrected chi connectivity index (χ3v) is 6.84. The standard InChI is InChI=1S/C31H28ClN9O4/c32-24-9-12-27(41-20-35-39-40-41)23(18-24)8-13-30(43)37-26(16-21-4-2-1-3-5-21)28(42)17-22-6-10-25(11-7-22)36-31(44)45-15-14-29-33-19-34-38-29/h1-13,18-20,26H,14-17H2,(H,36,44)(H,37,43)(H,33,34,38)/b13-8+/t26-/m0/s1. The zero-order valence-electron chi connectivity index (χ0n) is 23.8. The van der Waals surface area contributed by atoms with Gasteiger partial charge in [0.2, 0.25) is 5.91 Å². The van der Waals surface area contributed by atoms with Crippen LogP contribution in [0.25, 0.3) is 11.8 Å². The van der Waals surface area contributed by atoms with Crippen molar-refractivity contribution in [2.75, 3.05) is 11.9 Å². The van der Waals surface area contributed by atoms with Gasteiger partial charge < -0.3 is 10.1 Å². The van der Waals surface area contributed by atoms with Crippen LogP contribution in [0.3, 0.4) is 0 Å². The van der Waals surface area contributed by atoms with Gasteiger partial charge in [0.25, 0.3) is 0 Å². The van der Waals surface area contributed by atoms with Gasteiger partial charge in [-0.2, -0.15) is 9.78 Å². The van der Waals surface area contributed by atoms with E-state index in [4.69, 9.17) is 16.3 Å². The van der Waals surface area contributed by atoms with Gasteiger partial charge in [0.05, 0.1) is 11.7 Å². The molecule has 13 nitrogen and oxygen atoms in total. The van der Waals surface area contributed by atoms with Crippen LogP contribution in [0.2, 0.25) is 5.02 Å². The Morgan fingerprint density at radius 3 is 2.58 bits per heavy atom. The minimum atomic E-state index is -0.792. The van der Waals surface area contributed by atoms with Crippen LogP contribution < -0.4 is 10.6 Å². The topological polar surface area (TPSA) is 170 Å². The van der Waals surface area contributed by atoms with Gasteiger partial charge in [-0.1, -0.05) is 54.1 Å². The van der Waals surface area contributed by atoms with Gasteiger partial charge in [-0.15, -0.1) is 5.10 Å². The van der Waals surface area contributed by atoms with Crippen LogP contribution in [0.15, 0.2) is 91.5 Å². The third kappa shape index (κ3) is 9.15. The van der Waals surface area contributed by atoms with Gasteiger partial charge in [-0.3, -0.25) is 20.0 Å². The molecule has 5 aromatic rings. The summed E-state index contributed by atoms with van der Waals surface area (Å²) in [5.41, 5.74) is 3.37. The molecule has 14 heteroatoms. The number of H-pyrrole nitrogens is 1. The molecule has 0 aliphatic carbocycles. The number of rotatable bonds is 13. The molecule has 0 fully saturated rings. The number of ether oxygens (including phenoxy) is 1. The fourth-order valence-corrected chi connectivity index (χ4v) is 4.58. The highest BCUT2D eigenvalue weighted by Gasteiger charge is 2.21. The van der Waals surface area contributed by atoms with E-state index >= 15 is 0 Å². The molecule has 0 aliphatic rings. The summed E-state index contributed by atoms with van der Waals surface area (Å²) < 4.78 is 6.62. The predicted octanol–water partition coefficient (Wildman–Crippen LogP) is 3.78. The molecule has 1 atom stereocenters. The number of nitrogens with one attached hydrogen (secondary N) is 3. The number of halogens is 1. The number of carbonyl (C=O) groups excluding carboxylic acids is 3. The van der Waals surface area contributed by atoms with Crippen molar-refractivity contribution in [1.82, 2.24) is 40.7 Å². The average Bonchev–Trinajstić information content (AvgIpc) is 3.77. The Balaban J connectivity index is 1.21. The van der Waals surface area contributed by atoms with Gasteiger partial charge in [0.15, 0.2) is 5.78 Å². The molecule has 0 saturated heterocycles. The number of amides is 2. The number of Topliss-reactive ketones (excluding diaryl/α,β-unsaturated/α-hetero) is 1. The molecule has 2 amide bonds. The minimum Gasteiger partial charge on any atom is -0.449 e. The van der Waals surface area contributed by atoms with Gasteiger partial charge in [-0.05, 0) is 64.4 Å². The molecule has 3 aromatic carbocycles. The first-order valence-electron chi connectivity index (χ1n) is 13.9. The molecule has 0 saturated carbocycles. The summed E-state index contributed by atoms with van der Waals surface area (Å²) in [7, 11) is 0. The fourth-order valence-electron chi connectivity index (χ4n) is 4.40. The fraction of sp³-hybridized carbons (Fsp3) is 0.161. The van der Waals surface area contributed by atoms with Gasteiger partial charge in [-0.25, -0.2) is 9.78 Å². The smallest absolute Gasteiger partial charge is 0.411 e. The van der Waals surface area contributed by atoms with Crippen molar-refractivity contribution in [2.24, 2.45) is 0 Å². The molecular formula is C31H28ClN9O4. The molecule has 0 aliphatic heterocycles. The first kappa shape index (κ1) is 30.8. The minimum absolute atomic E-state index is 0.0706. The van der Waals surface area contributed by atoms with Crippen molar-refractivity contribution < 1.29 is 19.1 Å². The average molecular weight is 626 g/mol. The Hall–Kier alpha value is -5.69. The summed E-state index contributed by atoms with van der Waals surface area (Å²) in [5, 5.41) is 23.6. The van der Waals surface area contributed by atoms with E-state index < -0.39 is 18.0 Å². The van der Waals surface area contributed by atoms with Crippen LogP contribution in [0.4, 0.5) is 10.5 Å². The molecule has 0 spiro atoms. The number of benzene rings is 3. The van der Waals surface area contributed by atoms with Crippen LogP contribution in [-0.4, -0.2) is 65.8 Å². The van der Waals surface area contributed by atoms with E-state index in [0.717, 1.165) is 11.1 Å². The van der Waals surface area contributed by atoms with E-state index in [1.165, 1.54) is 23.4 Å². The van der Waals surface area contributed by atoms with Crippen molar-refractivity contribution in [3.8, 4) is 5.69 Å². The lowest BCUT2D eigenvalue weighted by Gasteiger charge is -2.17. The Morgan fingerprint density at radius 1 is 1.02 bits per heavy atom. The first-order chi connectivity index (χ1) is 21.9. The molecule has 2 aromatic heterocycles.